The monoisotopic (exact) mass is 383 g/mol. The Morgan fingerprint density at radius 3 is 2.38 bits per heavy atom. The SMILES string of the molecule is CCC(C)NC(=O)CCNC(=O)CN(C)S(=O)(=O)c1ccc(C)c(C)c1. The minimum atomic E-state index is -3.74. The number of rotatable bonds is 9. The third-order valence-corrected chi connectivity index (χ3v) is 6.05. The summed E-state index contributed by atoms with van der Waals surface area (Å²) < 4.78 is 26.1. The number of nitrogens with zero attached hydrogens (tertiary/aromatic N) is 1. The summed E-state index contributed by atoms with van der Waals surface area (Å²) in [6, 6.07) is 4.96. The molecule has 0 heterocycles. The van der Waals surface area contributed by atoms with Crippen LogP contribution in [0.3, 0.4) is 0 Å². The molecule has 0 spiro atoms. The van der Waals surface area contributed by atoms with Crippen molar-refractivity contribution in [2.24, 2.45) is 0 Å². The van der Waals surface area contributed by atoms with Gasteiger partial charge in [-0.3, -0.25) is 9.59 Å². The van der Waals surface area contributed by atoms with Gasteiger partial charge in [0.05, 0.1) is 11.4 Å². The van der Waals surface area contributed by atoms with Crippen molar-refractivity contribution in [3.05, 3.63) is 29.3 Å². The predicted octanol–water partition coefficient (Wildman–Crippen LogP) is 1.34. The van der Waals surface area contributed by atoms with Crippen molar-refractivity contribution in [2.45, 2.75) is 51.5 Å². The molecular weight excluding hydrogens is 354 g/mol. The fourth-order valence-corrected chi connectivity index (χ4v) is 3.37. The van der Waals surface area contributed by atoms with E-state index in [4.69, 9.17) is 0 Å². The zero-order valence-electron chi connectivity index (χ0n) is 16.1. The summed E-state index contributed by atoms with van der Waals surface area (Å²) in [5.74, 6) is -0.591. The number of hydrogen-bond acceptors (Lipinski definition) is 4. The van der Waals surface area contributed by atoms with Gasteiger partial charge in [-0.25, -0.2) is 8.42 Å². The van der Waals surface area contributed by atoms with Gasteiger partial charge in [0.2, 0.25) is 21.8 Å². The normalized spacial score (nSPS) is 12.7. The van der Waals surface area contributed by atoms with Crippen LogP contribution in [0.5, 0.6) is 0 Å². The Morgan fingerprint density at radius 2 is 1.81 bits per heavy atom. The topological polar surface area (TPSA) is 95.6 Å². The second-order valence-corrected chi connectivity index (χ2v) is 8.53. The van der Waals surface area contributed by atoms with Gasteiger partial charge >= 0.3 is 0 Å². The largest absolute Gasteiger partial charge is 0.354 e. The van der Waals surface area contributed by atoms with Gasteiger partial charge in [0.25, 0.3) is 0 Å². The van der Waals surface area contributed by atoms with Crippen LogP contribution < -0.4 is 10.6 Å². The van der Waals surface area contributed by atoms with E-state index in [-0.39, 0.29) is 36.4 Å². The van der Waals surface area contributed by atoms with E-state index in [1.165, 1.54) is 13.1 Å². The Balaban J connectivity index is 2.55. The highest BCUT2D eigenvalue weighted by Crippen LogP contribution is 2.17. The van der Waals surface area contributed by atoms with Crippen molar-refractivity contribution in [3.8, 4) is 0 Å². The van der Waals surface area contributed by atoms with Crippen molar-refractivity contribution in [3.63, 3.8) is 0 Å². The second kappa shape index (κ2) is 9.68. The molecule has 0 bridgehead atoms. The Bertz CT molecular complexity index is 747. The summed E-state index contributed by atoms with van der Waals surface area (Å²) in [5, 5.41) is 5.38. The van der Waals surface area contributed by atoms with Crippen LogP contribution in [-0.2, 0) is 19.6 Å². The summed E-state index contributed by atoms with van der Waals surface area (Å²) >= 11 is 0. The van der Waals surface area contributed by atoms with Gasteiger partial charge < -0.3 is 10.6 Å². The molecule has 0 saturated carbocycles. The first-order chi connectivity index (χ1) is 12.1. The molecule has 0 saturated heterocycles. The Labute approximate surface area is 156 Å². The molecule has 0 aliphatic carbocycles. The highest BCUT2D eigenvalue weighted by Gasteiger charge is 2.23. The molecule has 8 heteroatoms. The van der Waals surface area contributed by atoms with Crippen LogP contribution in [0.1, 0.15) is 37.8 Å². The van der Waals surface area contributed by atoms with Gasteiger partial charge in [-0.15, -0.1) is 0 Å². The Hall–Kier alpha value is -1.93. The average molecular weight is 384 g/mol. The highest BCUT2D eigenvalue weighted by atomic mass is 32.2. The van der Waals surface area contributed by atoms with Gasteiger partial charge in [-0.2, -0.15) is 4.31 Å². The number of carbonyl (C=O) groups is 2. The standard InChI is InChI=1S/C18H29N3O4S/c1-6-15(4)20-17(22)9-10-19-18(23)12-21(5)26(24,25)16-8-7-13(2)14(3)11-16/h7-8,11,15H,6,9-10,12H2,1-5H3,(H,19,23)(H,20,22). The fraction of sp³-hybridized carbons (Fsp3) is 0.556. The molecule has 1 aromatic rings. The molecule has 0 aromatic heterocycles. The van der Waals surface area contributed by atoms with Crippen molar-refractivity contribution < 1.29 is 18.0 Å². The minimum absolute atomic E-state index is 0.0902. The highest BCUT2D eigenvalue weighted by molar-refractivity contribution is 7.89. The molecule has 1 rings (SSSR count). The molecule has 0 aliphatic heterocycles. The third kappa shape index (κ3) is 6.42. The zero-order chi connectivity index (χ0) is 19.9. The van der Waals surface area contributed by atoms with Crippen LogP contribution in [0, 0.1) is 13.8 Å². The number of benzene rings is 1. The van der Waals surface area contributed by atoms with Crippen LogP contribution in [0.4, 0.5) is 0 Å². The van der Waals surface area contributed by atoms with Crippen molar-refractivity contribution in [1.29, 1.82) is 0 Å². The van der Waals surface area contributed by atoms with Crippen LogP contribution in [0.15, 0.2) is 23.1 Å². The molecular formula is C18H29N3O4S. The van der Waals surface area contributed by atoms with Gasteiger partial charge in [0.15, 0.2) is 0 Å². The molecule has 7 nitrogen and oxygen atoms in total. The quantitative estimate of drug-likeness (QED) is 0.673. The maximum absolute atomic E-state index is 12.5. The molecule has 1 unspecified atom stereocenters. The van der Waals surface area contributed by atoms with E-state index in [0.29, 0.717) is 0 Å². The maximum Gasteiger partial charge on any atom is 0.243 e. The van der Waals surface area contributed by atoms with Crippen molar-refractivity contribution >= 4 is 21.8 Å². The number of aryl methyl sites for hydroxylation is 2. The number of carbonyl (C=O) groups excluding carboxylic acids is 2. The molecule has 146 valence electrons. The van der Waals surface area contributed by atoms with E-state index in [1.807, 2.05) is 27.7 Å². The van der Waals surface area contributed by atoms with E-state index >= 15 is 0 Å². The minimum Gasteiger partial charge on any atom is -0.354 e. The van der Waals surface area contributed by atoms with E-state index in [1.54, 1.807) is 12.1 Å². The number of likely N-dealkylation sites (N-methyl/N-ethyl adjacent to an activating group) is 1. The van der Waals surface area contributed by atoms with Gasteiger partial charge in [-0.05, 0) is 50.5 Å². The van der Waals surface area contributed by atoms with Crippen LogP contribution in [0.25, 0.3) is 0 Å². The molecule has 1 atom stereocenters. The molecule has 0 radical (unpaired) electrons. The summed E-state index contributed by atoms with van der Waals surface area (Å²) in [6.07, 6.45) is 0.989. The predicted molar refractivity (Wildman–Crippen MR) is 101 cm³/mol. The van der Waals surface area contributed by atoms with Crippen LogP contribution in [-0.4, -0.2) is 50.7 Å². The Morgan fingerprint density at radius 1 is 1.15 bits per heavy atom. The van der Waals surface area contributed by atoms with E-state index in [2.05, 4.69) is 10.6 Å². The van der Waals surface area contributed by atoms with Crippen LogP contribution in [0.2, 0.25) is 0 Å². The first-order valence-electron chi connectivity index (χ1n) is 8.67. The molecule has 2 amide bonds. The molecule has 0 aliphatic rings. The summed E-state index contributed by atoms with van der Waals surface area (Å²) in [7, 11) is -2.38. The fourth-order valence-electron chi connectivity index (χ4n) is 2.16. The first kappa shape index (κ1) is 22.1. The average Bonchev–Trinajstić information content (AvgIpc) is 2.56. The zero-order valence-corrected chi connectivity index (χ0v) is 16.9. The summed E-state index contributed by atoms with van der Waals surface area (Å²) in [5.41, 5.74) is 1.87. The van der Waals surface area contributed by atoms with Crippen LogP contribution >= 0.6 is 0 Å². The van der Waals surface area contributed by atoms with E-state index < -0.39 is 15.9 Å². The number of nitrogens with one attached hydrogen (secondary N) is 2. The van der Waals surface area contributed by atoms with E-state index in [0.717, 1.165) is 21.9 Å². The lowest BCUT2D eigenvalue weighted by Crippen LogP contribution is -2.40. The van der Waals surface area contributed by atoms with Crippen molar-refractivity contribution in [2.75, 3.05) is 20.1 Å². The van der Waals surface area contributed by atoms with Gasteiger partial charge in [0.1, 0.15) is 0 Å². The molecule has 0 fully saturated rings. The third-order valence-electron chi connectivity index (χ3n) is 4.25. The number of amides is 2. The maximum atomic E-state index is 12.5. The number of hydrogen-bond donors (Lipinski definition) is 2. The Kier molecular flexibility index (Phi) is 8.23. The lowest BCUT2D eigenvalue weighted by atomic mass is 10.1. The molecule has 26 heavy (non-hydrogen) atoms. The van der Waals surface area contributed by atoms with E-state index in [9.17, 15) is 18.0 Å². The van der Waals surface area contributed by atoms with Gasteiger partial charge in [0, 0.05) is 26.1 Å². The van der Waals surface area contributed by atoms with Crippen molar-refractivity contribution in [1.82, 2.24) is 14.9 Å². The smallest absolute Gasteiger partial charge is 0.243 e. The summed E-state index contributed by atoms with van der Waals surface area (Å²) in [4.78, 5) is 23.8. The second-order valence-electron chi connectivity index (χ2n) is 6.48. The molecule has 2 N–H and O–H groups in total. The summed E-state index contributed by atoms with van der Waals surface area (Å²) in [6.45, 7) is 7.48. The lowest BCUT2D eigenvalue weighted by molar-refractivity contribution is -0.122. The number of sulfonamides is 1. The van der Waals surface area contributed by atoms with Gasteiger partial charge in [-0.1, -0.05) is 13.0 Å². The lowest BCUT2D eigenvalue weighted by Gasteiger charge is -2.17. The molecule has 1 aromatic carbocycles. The first-order valence-corrected chi connectivity index (χ1v) is 10.1.